The molecule has 7 heteroatoms. The van der Waals surface area contributed by atoms with Gasteiger partial charge in [0.05, 0.1) is 6.54 Å². The molecular formula is C22H39N5O2. The van der Waals surface area contributed by atoms with E-state index in [0.717, 1.165) is 44.2 Å². The Morgan fingerprint density at radius 3 is 2.66 bits per heavy atom. The predicted octanol–water partition coefficient (Wildman–Crippen LogP) is 3.09. The monoisotopic (exact) mass is 405 g/mol. The first kappa shape index (κ1) is 24.8. The molecule has 0 spiro atoms. The molecule has 29 heavy (non-hydrogen) atoms. The molecule has 1 unspecified atom stereocenters. The van der Waals surface area contributed by atoms with Gasteiger partial charge in [-0.2, -0.15) is 0 Å². The van der Waals surface area contributed by atoms with E-state index in [-0.39, 0.29) is 5.91 Å². The standard InChI is InChI=1S/C22H39N5O2/c1-6-23-22(25-18(4)11-10-15-27(7-2)8-3)24-14-16-29-21-13-9-12-20(17-21)26-19(5)28/h9,12-13,17-18H,6-8,10-11,14-16H2,1-5H3,(H,26,28)(H2,23,24,25). The molecule has 0 aliphatic rings. The number of ether oxygens (including phenoxy) is 1. The van der Waals surface area contributed by atoms with Crippen LogP contribution in [0, 0.1) is 0 Å². The zero-order valence-electron chi connectivity index (χ0n) is 18.8. The first-order valence-corrected chi connectivity index (χ1v) is 10.8. The molecule has 0 heterocycles. The van der Waals surface area contributed by atoms with E-state index in [1.807, 2.05) is 24.3 Å². The summed E-state index contributed by atoms with van der Waals surface area (Å²) in [6, 6.07) is 7.73. The molecule has 3 N–H and O–H groups in total. The highest BCUT2D eigenvalue weighted by Gasteiger charge is 2.06. The topological polar surface area (TPSA) is 78.0 Å². The molecule has 1 rings (SSSR count). The molecule has 0 aliphatic carbocycles. The molecule has 0 aliphatic heterocycles. The van der Waals surface area contributed by atoms with Gasteiger partial charge in [0.1, 0.15) is 12.4 Å². The van der Waals surface area contributed by atoms with Gasteiger partial charge < -0.3 is 25.6 Å². The first-order chi connectivity index (χ1) is 14.0. The average Bonchev–Trinajstić information content (AvgIpc) is 2.68. The lowest BCUT2D eigenvalue weighted by Crippen LogP contribution is -2.42. The van der Waals surface area contributed by atoms with Crippen LogP contribution < -0.4 is 20.7 Å². The number of guanidine groups is 1. The Balaban J connectivity index is 2.42. The minimum Gasteiger partial charge on any atom is -0.492 e. The van der Waals surface area contributed by atoms with Crippen LogP contribution in [0.5, 0.6) is 5.75 Å². The SMILES string of the molecule is CCNC(=NCCOc1cccc(NC(C)=O)c1)NC(C)CCCN(CC)CC. The highest BCUT2D eigenvalue weighted by molar-refractivity contribution is 5.88. The van der Waals surface area contributed by atoms with E-state index in [9.17, 15) is 4.79 Å². The Morgan fingerprint density at radius 2 is 2.00 bits per heavy atom. The normalized spacial score (nSPS) is 12.6. The van der Waals surface area contributed by atoms with Crippen LogP contribution in [0.3, 0.4) is 0 Å². The summed E-state index contributed by atoms with van der Waals surface area (Å²) in [6.07, 6.45) is 2.27. The van der Waals surface area contributed by atoms with Crippen molar-refractivity contribution in [2.75, 3.05) is 44.6 Å². The Hall–Kier alpha value is -2.28. The van der Waals surface area contributed by atoms with Gasteiger partial charge >= 0.3 is 0 Å². The molecule has 0 fully saturated rings. The molecule has 0 bridgehead atoms. The maximum atomic E-state index is 11.2. The van der Waals surface area contributed by atoms with E-state index < -0.39 is 0 Å². The number of rotatable bonds is 13. The molecular weight excluding hydrogens is 366 g/mol. The Kier molecular flexibility index (Phi) is 12.5. The molecule has 0 saturated carbocycles. The maximum absolute atomic E-state index is 11.2. The summed E-state index contributed by atoms with van der Waals surface area (Å²) in [5.74, 6) is 1.44. The minimum atomic E-state index is -0.0978. The van der Waals surface area contributed by atoms with Crippen molar-refractivity contribution in [2.45, 2.75) is 53.5 Å². The first-order valence-electron chi connectivity index (χ1n) is 10.8. The van der Waals surface area contributed by atoms with Crippen LogP contribution in [0.1, 0.15) is 47.5 Å². The quantitative estimate of drug-likeness (QED) is 0.267. The number of benzene rings is 1. The third-order valence-electron chi connectivity index (χ3n) is 4.52. The Bertz CT molecular complexity index is 617. The van der Waals surface area contributed by atoms with Crippen LogP contribution in [-0.2, 0) is 4.79 Å². The predicted molar refractivity (Wildman–Crippen MR) is 122 cm³/mol. The summed E-state index contributed by atoms with van der Waals surface area (Å²) in [5, 5.41) is 9.52. The fraction of sp³-hybridized carbons (Fsp3) is 0.636. The van der Waals surface area contributed by atoms with Gasteiger partial charge in [-0.1, -0.05) is 19.9 Å². The third kappa shape index (κ3) is 11.3. The summed E-state index contributed by atoms with van der Waals surface area (Å²) in [6.45, 7) is 15.3. The molecule has 1 atom stereocenters. The van der Waals surface area contributed by atoms with Gasteiger partial charge in [0.15, 0.2) is 5.96 Å². The summed E-state index contributed by atoms with van der Waals surface area (Å²) in [4.78, 5) is 18.2. The maximum Gasteiger partial charge on any atom is 0.221 e. The Labute approximate surface area is 176 Å². The number of hydrogen-bond acceptors (Lipinski definition) is 4. The van der Waals surface area contributed by atoms with Crippen molar-refractivity contribution in [1.29, 1.82) is 0 Å². The van der Waals surface area contributed by atoms with Gasteiger partial charge in [-0.05, 0) is 58.5 Å². The molecule has 0 saturated heterocycles. The lowest BCUT2D eigenvalue weighted by molar-refractivity contribution is -0.114. The van der Waals surface area contributed by atoms with Gasteiger partial charge in [-0.3, -0.25) is 4.79 Å². The number of amides is 1. The smallest absolute Gasteiger partial charge is 0.221 e. The molecule has 7 nitrogen and oxygen atoms in total. The zero-order chi connectivity index (χ0) is 21.5. The van der Waals surface area contributed by atoms with Crippen molar-refractivity contribution in [3.63, 3.8) is 0 Å². The summed E-state index contributed by atoms with van der Waals surface area (Å²) < 4.78 is 5.76. The molecule has 164 valence electrons. The van der Waals surface area contributed by atoms with Crippen LogP contribution >= 0.6 is 0 Å². The van der Waals surface area contributed by atoms with Gasteiger partial charge in [-0.15, -0.1) is 0 Å². The number of anilines is 1. The molecule has 0 radical (unpaired) electrons. The van der Waals surface area contributed by atoms with Crippen LogP contribution in [0.15, 0.2) is 29.3 Å². The Morgan fingerprint density at radius 1 is 1.24 bits per heavy atom. The number of hydrogen-bond donors (Lipinski definition) is 3. The largest absolute Gasteiger partial charge is 0.492 e. The van der Waals surface area contributed by atoms with Crippen molar-refractivity contribution < 1.29 is 9.53 Å². The number of carbonyl (C=O) groups excluding carboxylic acids is 1. The van der Waals surface area contributed by atoms with Gasteiger partial charge in [0.25, 0.3) is 0 Å². The second kappa shape index (κ2) is 14.7. The van der Waals surface area contributed by atoms with Gasteiger partial charge in [0, 0.05) is 31.3 Å². The van der Waals surface area contributed by atoms with Crippen molar-refractivity contribution in [3.8, 4) is 5.75 Å². The van der Waals surface area contributed by atoms with Gasteiger partial charge in [0.2, 0.25) is 5.91 Å². The highest BCUT2D eigenvalue weighted by Crippen LogP contribution is 2.17. The fourth-order valence-electron chi connectivity index (χ4n) is 2.97. The van der Waals surface area contributed by atoms with Crippen molar-refractivity contribution in [1.82, 2.24) is 15.5 Å². The van der Waals surface area contributed by atoms with Crippen LogP contribution in [0.2, 0.25) is 0 Å². The number of nitrogens with zero attached hydrogens (tertiary/aromatic N) is 2. The fourth-order valence-corrected chi connectivity index (χ4v) is 2.97. The van der Waals surface area contributed by atoms with E-state index in [1.54, 1.807) is 0 Å². The van der Waals surface area contributed by atoms with Crippen LogP contribution in [0.25, 0.3) is 0 Å². The van der Waals surface area contributed by atoms with Crippen LogP contribution in [0.4, 0.5) is 5.69 Å². The molecule has 1 aromatic carbocycles. The number of aliphatic imine (C=N–C) groups is 1. The minimum absolute atomic E-state index is 0.0978. The van der Waals surface area contributed by atoms with Crippen molar-refractivity contribution in [2.24, 2.45) is 4.99 Å². The molecule has 1 amide bonds. The lowest BCUT2D eigenvalue weighted by Gasteiger charge is -2.21. The van der Waals surface area contributed by atoms with Crippen molar-refractivity contribution >= 4 is 17.6 Å². The summed E-state index contributed by atoms with van der Waals surface area (Å²) in [7, 11) is 0. The van der Waals surface area contributed by atoms with E-state index in [0.29, 0.717) is 24.9 Å². The van der Waals surface area contributed by atoms with Crippen LogP contribution in [-0.4, -0.2) is 62.1 Å². The summed E-state index contributed by atoms with van der Waals surface area (Å²) in [5.41, 5.74) is 0.729. The van der Waals surface area contributed by atoms with E-state index >= 15 is 0 Å². The second-order valence-corrected chi connectivity index (χ2v) is 7.03. The molecule has 1 aromatic rings. The lowest BCUT2D eigenvalue weighted by atomic mass is 10.2. The zero-order valence-corrected chi connectivity index (χ0v) is 18.8. The van der Waals surface area contributed by atoms with E-state index in [2.05, 4.69) is 53.5 Å². The van der Waals surface area contributed by atoms with E-state index in [4.69, 9.17) is 4.74 Å². The van der Waals surface area contributed by atoms with Crippen molar-refractivity contribution in [3.05, 3.63) is 24.3 Å². The number of nitrogens with one attached hydrogen (secondary N) is 3. The highest BCUT2D eigenvalue weighted by atomic mass is 16.5. The average molecular weight is 406 g/mol. The van der Waals surface area contributed by atoms with E-state index in [1.165, 1.54) is 13.3 Å². The van der Waals surface area contributed by atoms with Gasteiger partial charge in [-0.25, -0.2) is 4.99 Å². The molecule has 0 aromatic heterocycles. The summed E-state index contributed by atoms with van der Waals surface area (Å²) >= 11 is 0. The second-order valence-electron chi connectivity index (χ2n) is 7.03. The third-order valence-corrected chi connectivity index (χ3v) is 4.52. The number of carbonyl (C=O) groups is 1.